The molecular formula is C18H28N4O. The molecule has 2 aliphatic rings. The second-order valence-corrected chi connectivity index (χ2v) is 6.99. The molecule has 0 saturated carbocycles. The topological polar surface area (TPSA) is 49.3 Å². The number of likely N-dealkylation sites (tertiary alicyclic amines) is 1. The third-order valence-electron chi connectivity index (χ3n) is 5.16. The largest absolute Gasteiger partial charge is 0.338 e. The van der Waals surface area contributed by atoms with Crippen LogP contribution in [0.1, 0.15) is 62.9 Å². The first kappa shape index (κ1) is 16.2. The Morgan fingerprint density at radius 3 is 2.91 bits per heavy atom. The van der Waals surface area contributed by atoms with Gasteiger partial charge in [-0.3, -0.25) is 4.79 Å². The van der Waals surface area contributed by atoms with Crippen molar-refractivity contribution < 1.29 is 4.79 Å². The Morgan fingerprint density at radius 2 is 2.13 bits per heavy atom. The molecule has 2 unspecified atom stereocenters. The normalized spacial score (nSPS) is 25.5. The predicted octanol–water partition coefficient (Wildman–Crippen LogP) is 3.12. The van der Waals surface area contributed by atoms with Crippen LogP contribution in [0.15, 0.2) is 12.3 Å². The van der Waals surface area contributed by atoms with Crippen LogP contribution in [0.3, 0.4) is 0 Å². The summed E-state index contributed by atoms with van der Waals surface area (Å²) in [7, 11) is 0. The average Bonchev–Trinajstić information content (AvgIpc) is 2.61. The van der Waals surface area contributed by atoms with Gasteiger partial charge in [-0.05, 0) is 50.5 Å². The van der Waals surface area contributed by atoms with Gasteiger partial charge in [0.15, 0.2) is 0 Å². The van der Waals surface area contributed by atoms with Crippen LogP contribution in [0.25, 0.3) is 0 Å². The van der Waals surface area contributed by atoms with Gasteiger partial charge in [-0.2, -0.15) is 0 Å². The third kappa shape index (κ3) is 3.65. The van der Waals surface area contributed by atoms with Gasteiger partial charge in [0.2, 0.25) is 5.95 Å². The minimum absolute atomic E-state index is 0.0604. The summed E-state index contributed by atoms with van der Waals surface area (Å²) in [5.41, 5.74) is 0.546. The van der Waals surface area contributed by atoms with Crippen LogP contribution in [0.4, 0.5) is 5.95 Å². The number of piperidine rings is 2. The van der Waals surface area contributed by atoms with Gasteiger partial charge in [-0.25, -0.2) is 9.97 Å². The number of anilines is 1. The predicted molar refractivity (Wildman–Crippen MR) is 91.6 cm³/mol. The first-order chi connectivity index (χ1) is 11.2. The SMILES string of the molecule is CCC1CCCCN1c1nccc(C(=O)N2CCCC(C)C2)n1. The molecule has 5 heteroatoms. The van der Waals surface area contributed by atoms with Gasteiger partial charge >= 0.3 is 0 Å². The Morgan fingerprint density at radius 1 is 1.26 bits per heavy atom. The lowest BCUT2D eigenvalue weighted by atomic mass is 10.00. The Hall–Kier alpha value is -1.65. The van der Waals surface area contributed by atoms with Gasteiger partial charge < -0.3 is 9.80 Å². The molecule has 2 fully saturated rings. The van der Waals surface area contributed by atoms with Crippen LogP contribution in [-0.2, 0) is 0 Å². The number of carbonyl (C=O) groups excluding carboxylic acids is 1. The molecule has 3 heterocycles. The zero-order valence-electron chi connectivity index (χ0n) is 14.4. The number of nitrogens with zero attached hydrogens (tertiary/aromatic N) is 4. The molecule has 3 rings (SSSR count). The van der Waals surface area contributed by atoms with Gasteiger partial charge in [-0.15, -0.1) is 0 Å². The van der Waals surface area contributed by atoms with Gasteiger partial charge in [0.05, 0.1) is 0 Å². The molecule has 0 spiro atoms. The number of amides is 1. The highest BCUT2D eigenvalue weighted by Crippen LogP contribution is 2.24. The van der Waals surface area contributed by atoms with E-state index in [1.54, 1.807) is 12.3 Å². The van der Waals surface area contributed by atoms with Crippen LogP contribution in [0, 0.1) is 5.92 Å². The maximum atomic E-state index is 12.7. The molecule has 5 nitrogen and oxygen atoms in total. The lowest BCUT2D eigenvalue weighted by Crippen LogP contribution is -2.41. The van der Waals surface area contributed by atoms with E-state index in [0.717, 1.165) is 38.4 Å². The zero-order valence-corrected chi connectivity index (χ0v) is 14.4. The number of hydrogen-bond acceptors (Lipinski definition) is 4. The second kappa shape index (κ2) is 7.28. The van der Waals surface area contributed by atoms with Gasteiger partial charge in [-0.1, -0.05) is 13.8 Å². The highest BCUT2D eigenvalue weighted by atomic mass is 16.2. The Balaban J connectivity index is 1.77. The molecule has 0 N–H and O–H groups in total. The molecule has 0 aliphatic carbocycles. The minimum atomic E-state index is 0.0604. The number of carbonyl (C=O) groups is 1. The molecule has 1 aromatic heterocycles. The van der Waals surface area contributed by atoms with Crippen LogP contribution in [-0.4, -0.2) is 46.5 Å². The maximum absolute atomic E-state index is 12.7. The monoisotopic (exact) mass is 316 g/mol. The Bertz CT molecular complexity index is 548. The Labute approximate surface area is 139 Å². The summed E-state index contributed by atoms with van der Waals surface area (Å²) in [6.07, 6.45) is 8.80. The molecular weight excluding hydrogens is 288 g/mol. The summed E-state index contributed by atoms with van der Waals surface area (Å²) < 4.78 is 0. The summed E-state index contributed by atoms with van der Waals surface area (Å²) >= 11 is 0. The van der Waals surface area contributed by atoms with Crippen molar-refractivity contribution in [1.29, 1.82) is 0 Å². The van der Waals surface area contributed by atoms with Crippen molar-refractivity contribution >= 4 is 11.9 Å². The number of rotatable bonds is 3. The maximum Gasteiger partial charge on any atom is 0.272 e. The van der Waals surface area contributed by atoms with Crippen LogP contribution >= 0.6 is 0 Å². The lowest BCUT2D eigenvalue weighted by molar-refractivity contribution is 0.0677. The number of hydrogen-bond donors (Lipinski definition) is 0. The van der Waals surface area contributed by atoms with Gasteiger partial charge in [0.25, 0.3) is 5.91 Å². The van der Waals surface area contributed by atoms with Crippen molar-refractivity contribution in [2.75, 3.05) is 24.5 Å². The molecule has 126 valence electrons. The first-order valence-corrected chi connectivity index (χ1v) is 9.08. The van der Waals surface area contributed by atoms with Gasteiger partial charge in [0, 0.05) is 31.9 Å². The molecule has 2 aliphatic heterocycles. The molecule has 0 aromatic carbocycles. The van der Waals surface area contributed by atoms with Crippen LogP contribution in [0.2, 0.25) is 0 Å². The van der Waals surface area contributed by atoms with E-state index in [1.807, 2.05) is 4.90 Å². The molecule has 0 bridgehead atoms. The van der Waals surface area contributed by atoms with Crippen molar-refractivity contribution in [1.82, 2.24) is 14.9 Å². The minimum Gasteiger partial charge on any atom is -0.338 e. The molecule has 1 amide bonds. The average molecular weight is 316 g/mol. The van der Waals surface area contributed by atoms with E-state index in [4.69, 9.17) is 0 Å². The quantitative estimate of drug-likeness (QED) is 0.859. The molecule has 23 heavy (non-hydrogen) atoms. The van der Waals surface area contributed by atoms with Crippen molar-refractivity contribution in [2.24, 2.45) is 5.92 Å². The van der Waals surface area contributed by atoms with E-state index in [1.165, 1.54) is 25.7 Å². The smallest absolute Gasteiger partial charge is 0.272 e. The van der Waals surface area contributed by atoms with Crippen molar-refractivity contribution in [2.45, 2.75) is 58.4 Å². The summed E-state index contributed by atoms with van der Waals surface area (Å²) in [5.74, 6) is 1.37. The highest BCUT2D eigenvalue weighted by molar-refractivity contribution is 5.92. The Kier molecular flexibility index (Phi) is 5.13. The fraction of sp³-hybridized carbons (Fsp3) is 0.722. The lowest BCUT2D eigenvalue weighted by Gasteiger charge is -2.35. The van der Waals surface area contributed by atoms with E-state index in [0.29, 0.717) is 17.7 Å². The third-order valence-corrected chi connectivity index (χ3v) is 5.16. The van der Waals surface area contributed by atoms with E-state index < -0.39 is 0 Å². The summed E-state index contributed by atoms with van der Waals surface area (Å²) in [5, 5.41) is 0. The van der Waals surface area contributed by atoms with E-state index >= 15 is 0 Å². The van der Waals surface area contributed by atoms with E-state index in [2.05, 4.69) is 28.7 Å². The summed E-state index contributed by atoms with van der Waals surface area (Å²) in [6, 6.07) is 2.26. The van der Waals surface area contributed by atoms with Crippen LogP contribution < -0.4 is 4.90 Å². The van der Waals surface area contributed by atoms with E-state index in [-0.39, 0.29) is 5.91 Å². The van der Waals surface area contributed by atoms with Crippen molar-refractivity contribution in [3.8, 4) is 0 Å². The fourth-order valence-electron chi connectivity index (χ4n) is 3.83. The first-order valence-electron chi connectivity index (χ1n) is 9.08. The van der Waals surface area contributed by atoms with E-state index in [9.17, 15) is 4.79 Å². The molecule has 2 saturated heterocycles. The standard InChI is InChI=1S/C18H28N4O/c1-3-15-8-4-5-12-22(15)18-19-10-9-16(20-18)17(23)21-11-6-7-14(2)13-21/h9-10,14-15H,3-8,11-13H2,1-2H3. The molecule has 0 radical (unpaired) electrons. The zero-order chi connectivity index (χ0) is 16.2. The highest BCUT2D eigenvalue weighted by Gasteiger charge is 2.26. The van der Waals surface area contributed by atoms with Crippen molar-refractivity contribution in [3.05, 3.63) is 18.0 Å². The number of aromatic nitrogens is 2. The van der Waals surface area contributed by atoms with Gasteiger partial charge in [0.1, 0.15) is 5.69 Å². The second-order valence-electron chi connectivity index (χ2n) is 6.99. The summed E-state index contributed by atoms with van der Waals surface area (Å²) in [4.78, 5) is 26.1. The van der Waals surface area contributed by atoms with Crippen molar-refractivity contribution in [3.63, 3.8) is 0 Å². The fourth-order valence-corrected chi connectivity index (χ4v) is 3.83. The summed E-state index contributed by atoms with van der Waals surface area (Å²) in [6.45, 7) is 7.12. The molecule has 1 aromatic rings. The molecule has 2 atom stereocenters. The van der Waals surface area contributed by atoms with Crippen LogP contribution in [0.5, 0.6) is 0 Å².